The van der Waals surface area contributed by atoms with Gasteiger partial charge in [0.2, 0.25) is 11.8 Å². The molecule has 2 aromatic rings. The van der Waals surface area contributed by atoms with Crippen LogP contribution in [0.3, 0.4) is 0 Å². The lowest BCUT2D eigenvalue weighted by molar-refractivity contribution is -0.124. The molecule has 2 heterocycles. The number of pyridine rings is 1. The van der Waals surface area contributed by atoms with E-state index in [1.54, 1.807) is 36.5 Å². The van der Waals surface area contributed by atoms with E-state index in [0.29, 0.717) is 36.0 Å². The number of ketones is 1. The molecule has 0 unspecified atom stereocenters. The Hall–Kier alpha value is -3.42. The molecule has 140 valence electrons. The van der Waals surface area contributed by atoms with E-state index in [9.17, 15) is 14.4 Å². The van der Waals surface area contributed by atoms with Crippen LogP contribution in [0.5, 0.6) is 11.5 Å². The molecule has 0 saturated carbocycles. The van der Waals surface area contributed by atoms with Crippen molar-refractivity contribution in [2.45, 2.75) is 12.8 Å². The lowest BCUT2D eigenvalue weighted by atomic mass is 10.1. The van der Waals surface area contributed by atoms with Gasteiger partial charge in [-0.25, -0.2) is 0 Å². The minimum atomic E-state index is -0.376. The fraction of sp³-hybridized carbons (Fsp3) is 0.263. The Bertz CT molecular complexity index is 838. The SMILES string of the molecule is O=C(CCC(=O)c1cccnc1)NCC(=O)Nc1ccc2c(c1)OCCO2. The number of hydrogen-bond acceptors (Lipinski definition) is 6. The van der Waals surface area contributed by atoms with E-state index in [0.717, 1.165) is 0 Å². The van der Waals surface area contributed by atoms with E-state index < -0.39 is 0 Å². The maximum absolute atomic E-state index is 12.0. The third-order valence-electron chi connectivity index (χ3n) is 3.83. The number of ether oxygens (including phenoxy) is 2. The Morgan fingerprint density at radius 1 is 1.00 bits per heavy atom. The molecule has 0 bridgehead atoms. The highest BCUT2D eigenvalue weighted by atomic mass is 16.6. The second-order valence-corrected chi connectivity index (χ2v) is 5.85. The van der Waals surface area contributed by atoms with Crippen molar-refractivity contribution in [3.8, 4) is 11.5 Å². The zero-order chi connectivity index (χ0) is 19.1. The molecule has 2 amide bonds. The first kappa shape index (κ1) is 18.4. The summed E-state index contributed by atoms with van der Waals surface area (Å²) in [4.78, 5) is 39.6. The topological polar surface area (TPSA) is 107 Å². The van der Waals surface area contributed by atoms with Crippen LogP contribution in [0, 0.1) is 0 Å². The van der Waals surface area contributed by atoms with Gasteiger partial charge < -0.3 is 20.1 Å². The van der Waals surface area contributed by atoms with E-state index in [4.69, 9.17) is 9.47 Å². The number of aromatic nitrogens is 1. The molecule has 0 aliphatic carbocycles. The normalized spacial score (nSPS) is 12.1. The molecule has 8 nitrogen and oxygen atoms in total. The van der Waals surface area contributed by atoms with Gasteiger partial charge in [-0.3, -0.25) is 19.4 Å². The predicted octanol–water partition coefficient (Wildman–Crippen LogP) is 1.57. The number of nitrogens with zero attached hydrogens (tertiary/aromatic N) is 1. The molecular weight excluding hydrogens is 350 g/mol. The molecule has 1 aromatic carbocycles. The Labute approximate surface area is 155 Å². The summed E-state index contributed by atoms with van der Waals surface area (Å²) in [6.45, 7) is 0.764. The molecule has 0 fully saturated rings. The van der Waals surface area contributed by atoms with Gasteiger partial charge in [0.1, 0.15) is 13.2 Å². The molecule has 0 spiro atoms. The lowest BCUT2D eigenvalue weighted by Crippen LogP contribution is -2.33. The van der Waals surface area contributed by atoms with Crippen molar-refractivity contribution >= 4 is 23.3 Å². The number of anilines is 1. The van der Waals surface area contributed by atoms with Gasteiger partial charge in [0.15, 0.2) is 17.3 Å². The molecule has 1 aliphatic heterocycles. The van der Waals surface area contributed by atoms with Crippen LogP contribution < -0.4 is 20.1 Å². The van der Waals surface area contributed by atoms with Crippen molar-refractivity contribution in [3.05, 3.63) is 48.3 Å². The zero-order valence-corrected chi connectivity index (χ0v) is 14.6. The molecule has 8 heteroatoms. The molecule has 0 radical (unpaired) electrons. The summed E-state index contributed by atoms with van der Waals surface area (Å²) in [5, 5.41) is 5.17. The maximum Gasteiger partial charge on any atom is 0.243 e. The molecule has 2 N–H and O–H groups in total. The van der Waals surface area contributed by atoms with Crippen LogP contribution in [-0.4, -0.2) is 42.3 Å². The van der Waals surface area contributed by atoms with Gasteiger partial charge in [-0.05, 0) is 24.3 Å². The number of carbonyl (C=O) groups is 3. The van der Waals surface area contributed by atoms with Crippen LogP contribution in [0.15, 0.2) is 42.7 Å². The molecular formula is C19H19N3O5. The third kappa shape index (κ3) is 5.27. The minimum Gasteiger partial charge on any atom is -0.486 e. The second-order valence-electron chi connectivity index (χ2n) is 5.85. The molecule has 1 aliphatic rings. The van der Waals surface area contributed by atoms with Crippen LogP contribution in [0.1, 0.15) is 23.2 Å². The fourth-order valence-corrected chi connectivity index (χ4v) is 2.49. The number of Topliss-reactive ketones (excluding diaryl/α,β-unsaturated/α-hetero) is 1. The number of amides is 2. The van der Waals surface area contributed by atoms with Gasteiger partial charge in [-0.15, -0.1) is 0 Å². The van der Waals surface area contributed by atoms with E-state index in [-0.39, 0.29) is 37.0 Å². The van der Waals surface area contributed by atoms with Gasteiger partial charge in [0.25, 0.3) is 0 Å². The van der Waals surface area contributed by atoms with Crippen molar-refractivity contribution in [2.75, 3.05) is 25.1 Å². The van der Waals surface area contributed by atoms with Crippen LogP contribution >= 0.6 is 0 Å². The van der Waals surface area contributed by atoms with Gasteiger partial charge >= 0.3 is 0 Å². The van der Waals surface area contributed by atoms with E-state index >= 15 is 0 Å². The van der Waals surface area contributed by atoms with Gasteiger partial charge in [0, 0.05) is 42.6 Å². The van der Waals surface area contributed by atoms with Crippen LogP contribution in [0.2, 0.25) is 0 Å². The van der Waals surface area contributed by atoms with Crippen molar-refractivity contribution in [1.29, 1.82) is 0 Å². The van der Waals surface area contributed by atoms with Gasteiger partial charge in [-0.2, -0.15) is 0 Å². The van der Waals surface area contributed by atoms with Crippen LogP contribution in [0.4, 0.5) is 5.69 Å². The fourth-order valence-electron chi connectivity index (χ4n) is 2.49. The number of fused-ring (bicyclic) bond motifs is 1. The van der Waals surface area contributed by atoms with E-state index in [1.165, 1.54) is 6.20 Å². The highest BCUT2D eigenvalue weighted by Crippen LogP contribution is 2.32. The van der Waals surface area contributed by atoms with E-state index in [2.05, 4.69) is 15.6 Å². The average molecular weight is 369 g/mol. The Morgan fingerprint density at radius 3 is 2.59 bits per heavy atom. The Balaban J connectivity index is 1.41. The van der Waals surface area contributed by atoms with Crippen LogP contribution in [0.25, 0.3) is 0 Å². The summed E-state index contributed by atoms with van der Waals surface area (Å²) in [6.07, 6.45) is 3.09. The molecule has 1 aromatic heterocycles. The Morgan fingerprint density at radius 2 is 1.81 bits per heavy atom. The van der Waals surface area contributed by atoms with Gasteiger partial charge in [-0.1, -0.05) is 0 Å². The number of rotatable bonds is 7. The summed E-state index contributed by atoms with van der Waals surface area (Å²) in [5.74, 6) is 0.282. The molecule has 0 atom stereocenters. The second kappa shape index (κ2) is 8.79. The smallest absolute Gasteiger partial charge is 0.243 e. The van der Waals surface area contributed by atoms with Crippen molar-refractivity contribution in [2.24, 2.45) is 0 Å². The molecule has 0 saturated heterocycles. The third-order valence-corrected chi connectivity index (χ3v) is 3.83. The number of benzene rings is 1. The minimum absolute atomic E-state index is 0.00499. The maximum atomic E-state index is 12.0. The summed E-state index contributed by atoms with van der Waals surface area (Å²) < 4.78 is 10.9. The molecule has 3 rings (SSSR count). The van der Waals surface area contributed by atoms with E-state index in [1.807, 2.05) is 0 Å². The summed E-state index contributed by atoms with van der Waals surface area (Å²) in [5.41, 5.74) is 1.01. The number of hydrogen-bond donors (Lipinski definition) is 2. The molecule has 27 heavy (non-hydrogen) atoms. The summed E-state index contributed by atoms with van der Waals surface area (Å²) in [6, 6.07) is 8.39. The monoisotopic (exact) mass is 369 g/mol. The highest BCUT2D eigenvalue weighted by Gasteiger charge is 2.14. The number of carbonyl (C=O) groups excluding carboxylic acids is 3. The zero-order valence-electron chi connectivity index (χ0n) is 14.6. The quantitative estimate of drug-likeness (QED) is 0.718. The van der Waals surface area contributed by atoms with Gasteiger partial charge in [0.05, 0.1) is 6.54 Å². The predicted molar refractivity (Wildman–Crippen MR) is 96.9 cm³/mol. The van der Waals surface area contributed by atoms with Crippen molar-refractivity contribution < 1.29 is 23.9 Å². The first-order valence-corrected chi connectivity index (χ1v) is 8.51. The largest absolute Gasteiger partial charge is 0.486 e. The number of nitrogens with one attached hydrogen (secondary N) is 2. The van der Waals surface area contributed by atoms with Crippen LogP contribution in [-0.2, 0) is 9.59 Å². The highest BCUT2D eigenvalue weighted by molar-refractivity contribution is 5.98. The first-order valence-electron chi connectivity index (χ1n) is 8.51. The average Bonchev–Trinajstić information content (AvgIpc) is 2.71. The Kier molecular flexibility index (Phi) is 5.98. The summed E-state index contributed by atoms with van der Waals surface area (Å²) in [7, 11) is 0. The first-order chi connectivity index (χ1) is 13.1. The van der Waals surface area contributed by atoms with Crippen molar-refractivity contribution in [1.82, 2.24) is 10.3 Å². The standard InChI is InChI=1S/C19H19N3O5/c23-15(13-2-1-7-20-11-13)4-6-18(24)21-12-19(25)22-14-3-5-16-17(10-14)27-9-8-26-16/h1-3,5,7,10-11H,4,6,8-9,12H2,(H,21,24)(H,22,25). The van der Waals surface area contributed by atoms with Crippen molar-refractivity contribution in [3.63, 3.8) is 0 Å². The summed E-state index contributed by atoms with van der Waals surface area (Å²) >= 11 is 0. The lowest BCUT2D eigenvalue weighted by Gasteiger charge is -2.19.